The van der Waals surface area contributed by atoms with Gasteiger partial charge in [-0.15, -0.1) is 0 Å². The lowest BCUT2D eigenvalue weighted by atomic mass is 10.2. The number of rotatable bonds is 7. The molecule has 0 spiro atoms. The number of nitrogens with one attached hydrogen (secondary N) is 1. The summed E-state index contributed by atoms with van der Waals surface area (Å²) in [5.74, 6) is 0.527. The van der Waals surface area contributed by atoms with Crippen LogP contribution in [0.25, 0.3) is 0 Å². The lowest BCUT2D eigenvalue weighted by Crippen LogP contribution is -3.00. The quantitative estimate of drug-likeness (QED) is 0.755. The minimum Gasteiger partial charge on any atom is -1.00 e. The molecule has 0 aromatic heterocycles. The highest BCUT2D eigenvalue weighted by molar-refractivity contribution is 6.37. The SMILES string of the molecule is CCOc1c(Cl)cc(CNC(CC)CO)cc1Cl.[Cl-]. The molecule has 0 radical (unpaired) electrons. The first-order chi connectivity index (χ1) is 8.62. The van der Waals surface area contributed by atoms with Crippen molar-refractivity contribution in [3.8, 4) is 5.75 Å². The lowest BCUT2D eigenvalue weighted by Gasteiger charge is -2.15. The Bertz CT molecular complexity index is 361. The molecular formula is C13H19Cl3NO2-. The second-order valence-electron chi connectivity index (χ2n) is 3.99. The Balaban J connectivity index is 0.00000324. The predicted octanol–water partition coefficient (Wildman–Crippen LogP) is 0.257. The van der Waals surface area contributed by atoms with Crippen LogP contribution in [0.5, 0.6) is 5.75 Å². The fourth-order valence-corrected chi connectivity index (χ4v) is 2.24. The van der Waals surface area contributed by atoms with E-state index < -0.39 is 0 Å². The Morgan fingerprint density at radius 2 is 1.84 bits per heavy atom. The van der Waals surface area contributed by atoms with Gasteiger partial charge >= 0.3 is 0 Å². The van der Waals surface area contributed by atoms with Crippen LogP contribution in [0.1, 0.15) is 25.8 Å². The van der Waals surface area contributed by atoms with Crippen LogP contribution in [-0.2, 0) is 6.54 Å². The third-order valence-corrected chi connectivity index (χ3v) is 3.22. The fourth-order valence-electron chi connectivity index (χ4n) is 1.60. The van der Waals surface area contributed by atoms with Crippen molar-refractivity contribution in [3.63, 3.8) is 0 Å². The van der Waals surface area contributed by atoms with E-state index in [-0.39, 0.29) is 25.1 Å². The highest BCUT2D eigenvalue weighted by atomic mass is 35.5. The molecule has 0 fully saturated rings. The van der Waals surface area contributed by atoms with Crippen molar-refractivity contribution >= 4 is 23.2 Å². The van der Waals surface area contributed by atoms with Crippen LogP contribution in [0.3, 0.4) is 0 Å². The molecule has 0 aliphatic carbocycles. The van der Waals surface area contributed by atoms with Gasteiger partial charge in [-0.3, -0.25) is 0 Å². The summed E-state index contributed by atoms with van der Waals surface area (Å²) < 4.78 is 5.37. The normalized spacial score (nSPS) is 11.8. The molecule has 1 atom stereocenters. The Labute approximate surface area is 130 Å². The van der Waals surface area contributed by atoms with Gasteiger partial charge in [0.05, 0.1) is 23.3 Å². The van der Waals surface area contributed by atoms with Gasteiger partial charge in [-0.2, -0.15) is 0 Å². The van der Waals surface area contributed by atoms with Crippen molar-refractivity contribution in [2.75, 3.05) is 13.2 Å². The summed E-state index contributed by atoms with van der Waals surface area (Å²) in [7, 11) is 0. The monoisotopic (exact) mass is 326 g/mol. The molecule has 3 nitrogen and oxygen atoms in total. The van der Waals surface area contributed by atoms with E-state index in [1.54, 1.807) is 0 Å². The number of hydrogen-bond donors (Lipinski definition) is 2. The van der Waals surface area contributed by atoms with Gasteiger partial charge < -0.3 is 27.6 Å². The van der Waals surface area contributed by atoms with E-state index in [0.29, 0.717) is 28.9 Å². The van der Waals surface area contributed by atoms with Crippen LogP contribution in [-0.4, -0.2) is 24.4 Å². The molecular weight excluding hydrogens is 309 g/mol. The summed E-state index contributed by atoms with van der Waals surface area (Å²) in [6, 6.07) is 3.75. The maximum absolute atomic E-state index is 9.09. The minimum absolute atomic E-state index is 0. The molecule has 110 valence electrons. The minimum atomic E-state index is 0. The number of halogens is 3. The summed E-state index contributed by atoms with van der Waals surface area (Å²) >= 11 is 12.2. The summed E-state index contributed by atoms with van der Waals surface area (Å²) in [6.45, 7) is 5.17. The first kappa shape index (κ1) is 18.8. The van der Waals surface area contributed by atoms with E-state index >= 15 is 0 Å². The lowest BCUT2D eigenvalue weighted by molar-refractivity contribution is -0.00000515. The molecule has 1 aromatic rings. The molecule has 0 amide bonds. The van der Waals surface area contributed by atoms with E-state index in [1.165, 1.54) is 0 Å². The molecule has 2 N–H and O–H groups in total. The highest BCUT2D eigenvalue weighted by Crippen LogP contribution is 2.34. The molecule has 1 rings (SSSR count). The van der Waals surface area contributed by atoms with Crippen LogP contribution < -0.4 is 22.5 Å². The summed E-state index contributed by atoms with van der Waals surface area (Å²) in [5, 5.41) is 13.4. The number of aliphatic hydroxyl groups is 1. The molecule has 0 aliphatic rings. The predicted molar refractivity (Wildman–Crippen MR) is 75.6 cm³/mol. The smallest absolute Gasteiger partial charge is 0.156 e. The molecule has 1 unspecified atom stereocenters. The number of benzene rings is 1. The van der Waals surface area contributed by atoms with Gasteiger partial charge in [0, 0.05) is 12.6 Å². The van der Waals surface area contributed by atoms with Crippen molar-refractivity contribution in [1.29, 1.82) is 0 Å². The number of ether oxygens (including phenoxy) is 1. The van der Waals surface area contributed by atoms with Gasteiger partial charge in [-0.05, 0) is 31.0 Å². The van der Waals surface area contributed by atoms with E-state index in [4.69, 9.17) is 33.0 Å². The van der Waals surface area contributed by atoms with Gasteiger partial charge in [0.2, 0.25) is 0 Å². The molecule has 0 saturated carbocycles. The highest BCUT2D eigenvalue weighted by Gasteiger charge is 2.10. The Morgan fingerprint density at radius 3 is 2.26 bits per heavy atom. The van der Waals surface area contributed by atoms with Gasteiger partial charge in [-0.1, -0.05) is 30.1 Å². The Hall–Kier alpha value is -0.190. The van der Waals surface area contributed by atoms with Crippen LogP contribution in [0.4, 0.5) is 0 Å². The van der Waals surface area contributed by atoms with Crippen molar-refractivity contribution in [2.24, 2.45) is 0 Å². The molecule has 6 heteroatoms. The van der Waals surface area contributed by atoms with Gasteiger partial charge in [-0.25, -0.2) is 0 Å². The van der Waals surface area contributed by atoms with Crippen molar-refractivity contribution in [1.82, 2.24) is 5.32 Å². The largest absolute Gasteiger partial charge is 1.00 e. The number of aliphatic hydroxyl groups excluding tert-OH is 1. The van der Waals surface area contributed by atoms with Crippen LogP contribution in [0.15, 0.2) is 12.1 Å². The van der Waals surface area contributed by atoms with Crippen molar-refractivity contribution < 1.29 is 22.3 Å². The van der Waals surface area contributed by atoms with Crippen LogP contribution >= 0.6 is 23.2 Å². The zero-order valence-corrected chi connectivity index (χ0v) is 13.3. The van der Waals surface area contributed by atoms with Crippen LogP contribution in [0.2, 0.25) is 10.0 Å². The Morgan fingerprint density at radius 1 is 1.26 bits per heavy atom. The van der Waals surface area contributed by atoms with E-state index in [2.05, 4.69) is 5.32 Å². The molecule has 1 aromatic carbocycles. The van der Waals surface area contributed by atoms with E-state index in [9.17, 15) is 0 Å². The molecule has 0 saturated heterocycles. The zero-order chi connectivity index (χ0) is 13.5. The van der Waals surface area contributed by atoms with E-state index in [0.717, 1.165) is 12.0 Å². The third-order valence-electron chi connectivity index (χ3n) is 2.65. The first-order valence-corrected chi connectivity index (χ1v) is 6.82. The van der Waals surface area contributed by atoms with Crippen LogP contribution in [0, 0.1) is 0 Å². The molecule has 0 bridgehead atoms. The fraction of sp³-hybridized carbons (Fsp3) is 0.538. The summed E-state index contributed by atoms with van der Waals surface area (Å²) in [4.78, 5) is 0. The second-order valence-corrected chi connectivity index (χ2v) is 4.80. The first-order valence-electron chi connectivity index (χ1n) is 6.07. The topological polar surface area (TPSA) is 41.5 Å². The maximum atomic E-state index is 9.09. The third kappa shape index (κ3) is 5.76. The molecule has 19 heavy (non-hydrogen) atoms. The van der Waals surface area contributed by atoms with Crippen molar-refractivity contribution in [3.05, 3.63) is 27.7 Å². The van der Waals surface area contributed by atoms with Gasteiger partial charge in [0.1, 0.15) is 0 Å². The summed E-state index contributed by atoms with van der Waals surface area (Å²) in [6.07, 6.45) is 0.870. The Kier molecular flexibility index (Phi) is 9.58. The summed E-state index contributed by atoms with van der Waals surface area (Å²) in [5.41, 5.74) is 0.973. The average molecular weight is 328 g/mol. The number of hydrogen-bond acceptors (Lipinski definition) is 3. The van der Waals surface area contributed by atoms with Gasteiger partial charge in [0.15, 0.2) is 5.75 Å². The van der Waals surface area contributed by atoms with E-state index in [1.807, 2.05) is 26.0 Å². The molecule has 0 aliphatic heterocycles. The van der Waals surface area contributed by atoms with Crippen molar-refractivity contribution in [2.45, 2.75) is 32.9 Å². The maximum Gasteiger partial charge on any atom is 0.156 e. The zero-order valence-electron chi connectivity index (χ0n) is 11.0. The standard InChI is InChI=1S/C13H19Cl2NO2.ClH/c1-3-10(8-17)16-7-9-5-11(14)13(18-4-2)12(15)6-9;/h5-6,10,16-17H,3-4,7-8H2,1-2H3;1H/p-1. The van der Waals surface area contributed by atoms with Gasteiger partial charge in [0.25, 0.3) is 0 Å². The average Bonchev–Trinajstić information content (AvgIpc) is 2.35. The second kappa shape index (κ2) is 9.67. The molecule has 0 heterocycles.